The second-order valence-corrected chi connectivity index (χ2v) is 8.25. The van der Waals surface area contributed by atoms with Crippen LogP contribution >= 0.6 is 0 Å². The van der Waals surface area contributed by atoms with Gasteiger partial charge in [0.2, 0.25) is 10.0 Å². The molecule has 1 aliphatic heterocycles. The number of benzene rings is 2. The molecule has 148 valence electrons. The summed E-state index contributed by atoms with van der Waals surface area (Å²) in [5.74, 6) is -4.16. The van der Waals surface area contributed by atoms with Gasteiger partial charge in [-0.25, -0.2) is 17.2 Å². The molecule has 0 bridgehead atoms. The Kier molecular flexibility index (Phi) is 5.18. The first kappa shape index (κ1) is 19.9. The van der Waals surface area contributed by atoms with Crippen molar-refractivity contribution in [3.63, 3.8) is 0 Å². The zero-order valence-corrected chi connectivity index (χ0v) is 15.5. The first-order valence-electron chi connectivity index (χ1n) is 8.20. The lowest BCUT2D eigenvalue weighted by Gasteiger charge is -2.25. The number of hydrogen-bond donors (Lipinski definition) is 2. The maximum atomic E-state index is 14.1. The van der Waals surface area contributed by atoms with E-state index in [1.807, 2.05) is 0 Å². The second kappa shape index (κ2) is 7.28. The molecule has 1 heterocycles. The second-order valence-electron chi connectivity index (χ2n) is 6.25. The fourth-order valence-electron chi connectivity index (χ4n) is 3.06. The van der Waals surface area contributed by atoms with Crippen molar-refractivity contribution in [3.05, 3.63) is 64.7 Å². The average Bonchev–Trinajstić information content (AvgIpc) is 2.63. The highest BCUT2D eigenvalue weighted by molar-refractivity contribution is 7.89. The molecule has 28 heavy (non-hydrogen) atoms. The zero-order valence-electron chi connectivity index (χ0n) is 14.6. The van der Waals surface area contributed by atoms with Crippen LogP contribution in [0.15, 0.2) is 41.3 Å². The number of carbonyl (C=O) groups is 2. The summed E-state index contributed by atoms with van der Waals surface area (Å²) in [6.45, 7) is 0.433. The molecule has 0 spiro atoms. The van der Waals surface area contributed by atoms with Crippen molar-refractivity contribution in [1.29, 1.82) is 0 Å². The zero-order chi connectivity index (χ0) is 20.6. The fourth-order valence-corrected chi connectivity index (χ4v) is 4.38. The number of nitrogens with zero attached hydrogens (tertiary/aromatic N) is 1. The number of halogens is 2. The minimum absolute atomic E-state index is 0.181. The molecule has 1 unspecified atom stereocenters. The molecule has 0 fully saturated rings. The third kappa shape index (κ3) is 3.48. The van der Waals surface area contributed by atoms with E-state index in [0.717, 1.165) is 25.2 Å². The van der Waals surface area contributed by atoms with Crippen molar-refractivity contribution in [1.82, 2.24) is 9.62 Å². The van der Waals surface area contributed by atoms with Gasteiger partial charge in [0.25, 0.3) is 5.91 Å². The van der Waals surface area contributed by atoms with E-state index >= 15 is 0 Å². The van der Waals surface area contributed by atoms with Crippen LogP contribution in [0, 0.1) is 11.6 Å². The molecule has 1 aliphatic rings. The highest BCUT2D eigenvalue weighted by atomic mass is 32.2. The van der Waals surface area contributed by atoms with E-state index in [-0.39, 0.29) is 10.5 Å². The number of aliphatic carboxylic acids is 1. The van der Waals surface area contributed by atoms with E-state index in [0.29, 0.717) is 28.9 Å². The first-order chi connectivity index (χ1) is 13.1. The van der Waals surface area contributed by atoms with Gasteiger partial charge in [0.05, 0.1) is 4.90 Å². The van der Waals surface area contributed by atoms with Crippen molar-refractivity contribution in [3.8, 4) is 0 Å². The lowest BCUT2D eigenvalue weighted by atomic mass is 10.0. The molecule has 0 saturated heterocycles. The summed E-state index contributed by atoms with van der Waals surface area (Å²) in [5.41, 5.74) is 0.348. The third-order valence-corrected chi connectivity index (χ3v) is 6.36. The van der Waals surface area contributed by atoms with Gasteiger partial charge in [0.15, 0.2) is 0 Å². The van der Waals surface area contributed by atoms with Crippen molar-refractivity contribution in [2.75, 3.05) is 13.6 Å². The Hall–Kier alpha value is -2.85. The monoisotopic (exact) mass is 410 g/mol. The molecule has 3 rings (SSSR count). The van der Waals surface area contributed by atoms with Crippen LogP contribution in [0.4, 0.5) is 8.78 Å². The molecule has 2 aromatic carbocycles. The number of rotatable bonds is 5. The van der Waals surface area contributed by atoms with E-state index < -0.39 is 45.1 Å². The summed E-state index contributed by atoms with van der Waals surface area (Å²) in [6, 6.07) is 4.21. The van der Waals surface area contributed by atoms with Gasteiger partial charge >= 0.3 is 5.97 Å². The van der Waals surface area contributed by atoms with Gasteiger partial charge in [-0.05, 0) is 30.2 Å². The Morgan fingerprint density at radius 1 is 1.21 bits per heavy atom. The standard InChI is InChI=1S/C18H16F2N2O5S/c1-22(16(18(24)25)13-5-3-11(19)8-15(13)20)28(26,27)12-4-2-10-6-7-21-17(23)14(10)9-12/h2-5,8-9,16H,6-7H2,1H3,(H,21,23)(H,24,25). The largest absolute Gasteiger partial charge is 0.480 e. The maximum Gasteiger partial charge on any atom is 0.326 e. The number of sulfonamides is 1. The van der Waals surface area contributed by atoms with E-state index in [2.05, 4.69) is 5.32 Å². The molecule has 2 aromatic rings. The molecule has 1 atom stereocenters. The van der Waals surface area contributed by atoms with E-state index in [4.69, 9.17) is 0 Å². The quantitative estimate of drug-likeness (QED) is 0.781. The SMILES string of the molecule is CN(C(C(=O)O)c1ccc(F)cc1F)S(=O)(=O)c1ccc2c(c1)C(=O)NCC2. The van der Waals surface area contributed by atoms with Crippen molar-refractivity contribution in [2.45, 2.75) is 17.4 Å². The molecule has 10 heteroatoms. The molecule has 1 amide bonds. The third-order valence-electron chi connectivity index (χ3n) is 4.54. The van der Waals surface area contributed by atoms with Crippen molar-refractivity contribution in [2.24, 2.45) is 0 Å². The number of carbonyl (C=O) groups excluding carboxylic acids is 1. The van der Waals surface area contributed by atoms with Crippen molar-refractivity contribution >= 4 is 21.9 Å². The number of nitrogens with one attached hydrogen (secondary N) is 1. The minimum Gasteiger partial charge on any atom is -0.480 e. The van der Waals surface area contributed by atoms with Gasteiger partial charge in [0.1, 0.15) is 17.7 Å². The Morgan fingerprint density at radius 2 is 1.93 bits per heavy atom. The highest BCUT2D eigenvalue weighted by Gasteiger charge is 2.36. The van der Waals surface area contributed by atoms with Crippen LogP contribution in [0.25, 0.3) is 0 Å². The number of fused-ring (bicyclic) bond motifs is 1. The number of likely N-dealkylation sites (N-methyl/N-ethyl adjacent to an activating group) is 1. The predicted octanol–water partition coefficient (Wildman–Crippen LogP) is 1.70. The normalized spacial score (nSPS) is 15.1. The van der Waals surface area contributed by atoms with Crippen LogP contribution in [-0.2, 0) is 21.2 Å². The maximum absolute atomic E-state index is 14.1. The van der Waals surface area contributed by atoms with Gasteiger partial charge in [-0.15, -0.1) is 0 Å². The molecule has 0 aromatic heterocycles. The van der Waals surface area contributed by atoms with E-state index in [1.165, 1.54) is 12.1 Å². The molecule has 0 aliphatic carbocycles. The van der Waals surface area contributed by atoms with Gasteiger partial charge in [-0.3, -0.25) is 9.59 Å². The van der Waals surface area contributed by atoms with Gasteiger partial charge < -0.3 is 10.4 Å². The van der Waals surface area contributed by atoms with E-state index in [9.17, 15) is 31.9 Å². The summed E-state index contributed by atoms with van der Waals surface area (Å²) in [4.78, 5) is 23.4. The smallest absolute Gasteiger partial charge is 0.326 e. The van der Waals surface area contributed by atoms with Crippen LogP contribution in [-0.4, -0.2) is 43.3 Å². The summed E-state index contributed by atoms with van der Waals surface area (Å²) in [7, 11) is -3.42. The molecular formula is C18H16F2N2O5S. The van der Waals surface area contributed by atoms with Gasteiger partial charge in [0, 0.05) is 30.8 Å². The van der Waals surface area contributed by atoms with Gasteiger partial charge in [-0.2, -0.15) is 4.31 Å². The minimum atomic E-state index is -4.40. The lowest BCUT2D eigenvalue weighted by molar-refractivity contribution is -0.141. The van der Waals surface area contributed by atoms with E-state index in [1.54, 1.807) is 0 Å². The predicted molar refractivity (Wildman–Crippen MR) is 94.2 cm³/mol. The molecule has 7 nitrogen and oxygen atoms in total. The first-order valence-corrected chi connectivity index (χ1v) is 9.64. The average molecular weight is 410 g/mol. The molecule has 0 saturated carbocycles. The number of amides is 1. The Morgan fingerprint density at radius 3 is 2.57 bits per heavy atom. The number of carboxylic acid groups (broad SMARTS) is 1. The summed E-state index contributed by atoms with van der Waals surface area (Å²) in [6.07, 6.45) is 0.537. The van der Waals surface area contributed by atoms with Gasteiger partial charge in [-0.1, -0.05) is 12.1 Å². The van der Waals surface area contributed by atoms with Crippen LogP contribution in [0.5, 0.6) is 0 Å². The topological polar surface area (TPSA) is 104 Å². The Bertz CT molecular complexity index is 1070. The number of carboxylic acids is 1. The van der Waals surface area contributed by atoms with Crippen LogP contribution in [0.3, 0.4) is 0 Å². The molecular weight excluding hydrogens is 394 g/mol. The van der Waals surface area contributed by atoms with Crippen LogP contribution < -0.4 is 5.32 Å². The lowest BCUT2D eigenvalue weighted by Crippen LogP contribution is -2.37. The Labute approximate surface area is 159 Å². The van der Waals surface area contributed by atoms with Crippen LogP contribution in [0.2, 0.25) is 0 Å². The fraction of sp³-hybridized carbons (Fsp3) is 0.222. The Balaban J connectivity index is 2.05. The highest BCUT2D eigenvalue weighted by Crippen LogP contribution is 2.30. The summed E-state index contributed by atoms with van der Waals surface area (Å²) < 4.78 is 53.7. The van der Waals surface area contributed by atoms with Crippen LogP contribution in [0.1, 0.15) is 27.5 Å². The molecule has 0 radical (unpaired) electrons. The summed E-state index contributed by atoms with van der Waals surface area (Å²) in [5, 5.41) is 12.1. The van der Waals surface area contributed by atoms with Crippen molar-refractivity contribution < 1.29 is 31.9 Å². The summed E-state index contributed by atoms with van der Waals surface area (Å²) >= 11 is 0. The molecule has 2 N–H and O–H groups in total. The number of hydrogen-bond acceptors (Lipinski definition) is 4.